The van der Waals surface area contributed by atoms with Crippen molar-refractivity contribution in [2.75, 3.05) is 0 Å². The first-order valence-corrected chi connectivity index (χ1v) is 10.1. The molecule has 0 unspecified atom stereocenters. The molecule has 1 amide bonds. The van der Waals surface area contributed by atoms with Crippen molar-refractivity contribution in [2.45, 2.75) is 6.54 Å². The third-order valence-electron chi connectivity index (χ3n) is 4.78. The van der Waals surface area contributed by atoms with Crippen molar-refractivity contribution in [3.05, 3.63) is 98.0 Å². The van der Waals surface area contributed by atoms with E-state index in [0.717, 1.165) is 0 Å². The summed E-state index contributed by atoms with van der Waals surface area (Å²) in [6.07, 6.45) is 0. The molecular formula is C22H14Cl2N4O4. The molecule has 0 spiro atoms. The smallest absolute Gasteiger partial charge is 0.296 e. The molecule has 0 aliphatic rings. The Balaban J connectivity index is 1.73. The number of fused-ring (bicyclic) bond motifs is 1. The van der Waals surface area contributed by atoms with E-state index in [0.29, 0.717) is 21.5 Å². The van der Waals surface area contributed by atoms with Crippen LogP contribution in [0.2, 0.25) is 10.0 Å². The maximum Gasteiger partial charge on any atom is 0.296 e. The van der Waals surface area contributed by atoms with E-state index in [1.807, 2.05) is 0 Å². The Labute approximate surface area is 191 Å². The molecule has 0 atom stereocenters. The molecule has 4 aromatic rings. The minimum Gasteiger partial charge on any atom is -0.493 e. The number of hydrogen-bond acceptors (Lipinski definition) is 5. The number of aromatic hydroxyl groups is 1. The van der Waals surface area contributed by atoms with E-state index >= 15 is 0 Å². The lowest BCUT2D eigenvalue weighted by Crippen LogP contribution is -1.99. The standard InChI is InChI=1S/C22H14Cl2N4O4/c23-14-8-9-16(18(24)11-14)21(29)26-25-20-17-6-1-2-7-19(17)27(22(20)30)12-13-4-3-5-15(10-13)28(31)32/h1-11,30H,12H2. The second-order valence-electron chi connectivity index (χ2n) is 6.83. The van der Waals surface area contributed by atoms with Crippen LogP contribution in [0, 0.1) is 10.1 Å². The van der Waals surface area contributed by atoms with Crippen molar-refractivity contribution >= 4 is 51.4 Å². The molecule has 1 heterocycles. The maximum absolute atomic E-state index is 12.5. The van der Waals surface area contributed by atoms with Crippen molar-refractivity contribution in [3.63, 3.8) is 0 Å². The molecule has 1 N–H and O–H groups in total. The number of hydrogen-bond donors (Lipinski definition) is 1. The van der Waals surface area contributed by atoms with Crippen LogP contribution in [0.5, 0.6) is 5.88 Å². The highest BCUT2D eigenvalue weighted by molar-refractivity contribution is 6.36. The highest BCUT2D eigenvalue weighted by atomic mass is 35.5. The number of halogens is 2. The van der Waals surface area contributed by atoms with Crippen molar-refractivity contribution in [2.24, 2.45) is 10.2 Å². The van der Waals surface area contributed by atoms with Gasteiger partial charge in [-0.1, -0.05) is 53.5 Å². The van der Waals surface area contributed by atoms with Gasteiger partial charge in [-0.05, 0) is 29.8 Å². The summed E-state index contributed by atoms with van der Waals surface area (Å²) in [5, 5.41) is 30.7. The maximum atomic E-state index is 12.5. The SMILES string of the molecule is O=C(N=Nc1c(O)n(Cc2cccc([N+](=O)[O-])c2)c2ccccc12)c1ccc(Cl)cc1Cl. The van der Waals surface area contributed by atoms with Gasteiger partial charge in [0.15, 0.2) is 5.69 Å². The summed E-state index contributed by atoms with van der Waals surface area (Å²) in [7, 11) is 0. The van der Waals surface area contributed by atoms with Gasteiger partial charge in [0, 0.05) is 22.5 Å². The number of carbonyl (C=O) groups excluding carboxylic acids is 1. The van der Waals surface area contributed by atoms with E-state index in [4.69, 9.17) is 23.2 Å². The summed E-state index contributed by atoms with van der Waals surface area (Å²) in [5.41, 5.74) is 1.41. The van der Waals surface area contributed by atoms with Gasteiger partial charge in [-0.2, -0.15) is 0 Å². The van der Waals surface area contributed by atoms with Crippen LogP contribution in [0.4, 0.5) is 11.4 Å². The van der Waals surface area contributed by atoms with Gasteiger partial charge >= 0.3 is 0 Å². The molecule has 0 saturated carbocycles. The first-order valence-electron chi connectivity index (χ1n) is 9.30. The first kappa shape index (κ1) is 21.5. The largest absolute Gasteiger partial charge is 0.493 e. The highest BCUT2D eigenvalue weighted by Gasteiger charge is 2.18. The third kappa shape index (κ3) is 4.18. The molecule has 0 aliphatic heterocycles. The number of amides is 1. The number of non-ortho nitro benzene ring substituents is 1. The van der Waals surface area contributed by atoms with Crippen molar-refractivity contribution < 1.29 is 14.8 Å². The van der Waals surface area contributed by atoms with Crippen LogP contribution in [0.15, 0.2) is 77.0 Å². The van der Waals surface area contributed by atoms with E-state index in [-0.39, 0.29) is 34.4 Å². The average Bonchev–Trinajstić information content (AvgIpc) is 3.03. The molecule has 4 rings (SSSR count). The second kappa shape index (κ2) is 8.78. The molecule has 0 bridgehead atoms. The number of nitrogens with zero attached hydrogens (tertiary/aromatic N) is 4. The summed E-state index contributed by atoms with van der Waals surface area (Å²) in [6, 6.07) is 17.5. The van der Waals surface area contributed by atoms with E-state index < -0.39 is 10.8 Å². The van der Waals surface area contributed by atoms with Crippen LogP contribution in [0.25, 0.3) is 10.9 Å². The van der Waals surface area contributed by atoms with Gasteiger partial charge in [0.1, 0.15) is 0 Å². The predicted molar refractivity (Wildman–Crippen MR) is 121 cm³/mol. The van der Waals surface area contributed by atoms with Crippen LogP contribution in [0.3, 0.4) is 0 Å². The number of para-hydroxylation sites is 1. The summed E-state index contributed by atoms with van der Waals surface area (Å²) in [4.78, 5) is 23.0. The Hall–Kier alpha value is -3.75. The topological polar surface area (TPSA) is 110 Å². The summed E-state index contributed by atoms with van der Waals surface area (Å²) < 4.78 is 1.54. The minimum atomic E-state index is -0.693. The van der Waals surface area contributed by atoms with Crippen molar-refractivity contribution in [1.29, 1.82) is 0 Å². The molecule has 3 aromatic carbocycles. The zero-order valence-electron chi connectivity index (χ0n) is 16.3. The quantitative estimate of drug-likeness (QED) is 0.203. The van der Waals surface area contributed by atoms with Gasteiger partial charge in [0.05, 0.1) is 27.6 Å². The Morgan fingerprint density at radius 2 is 1.84 bits per heavy atom. The lowest BCUT2D eigenvalue weighted by molar-refractivity contribution is -0.384. The molecule has 8 nitrogen and oxygen atoms in total. The molecule has 160 valence electrons. The number of carbonyl (C=O) groups is 1. The molecule has 0 saturated heterocycles. The van der Waals surface area contributed by atoms with Crippen LogP contribution in [-0.2, 0) is 6.54 Å². The fourth-order valence-corrected chi connectivity index (χ4v) is 3.78. The molecular weight excluding hydrogens is 455 g/mol. The average molecular weight is 469 g/mol. The molecule has 10 heteroatoms. The van der Waals surface area contributed by atoms with Gasteiger partial charge in [-0.3, -0.25) is 14.9 Å². The Bertz CT molecular complexity index is 1400. The zero-order valence-corrected chi connectivity index (χ0v) is 17.8. The van der Waals surface area contributed by atoms with E-state index in [1.54, 1.807) is 41.0 Å². The number of benzene rings is 3. The van der Waals surface area contributed by atoms with Gasteiger partial charge in [-0.15, -0.1) is 10.2 Å². The number of nitro benzene ring substituents is 1. The molecule has 0 aliphatic carbocycles. The summed E-state index contributed by atoms with van der Waals surface area (Å²) in [6.45, 7) is 0.153. The number of nitro groups is 1. The Morgan fingerprint density at radius 3 is 2.59 bits per heavy atom. The summed E-state index contributed by atoms with van der Waals surface area (Å²) in [5.74, 6) is -0.918. The molecule has 1 aromatic heterocycles. The van der Waals surface area contributed by atoms with Crippen LogP contribution in [-0.4, -0.2) is 20.5 Å². The fraction of sp³-hybridized carbons (Fsp3) is 0.0455. The van der Waals surface area contributed by atoms with E-state index in [2.05, 4.69) is 10.2 Å². The van der Waals surface area contributed by atoms with Gasteiger partial charge < -0.3 is 9.67 Å². The van der Waals surface area contributed by atoms with Gasteiger partial charge in [0.25, 0.3) is 11.6 Å². The van der Waals surface area contributed by atoms with Crippen LogP contribution < -0.4 is 0 Å². The fourth-order valence-electron chi connectivity index (χ4n) is 3.29. The molecule has 0 radical (unpaired) electrons. The number of aromatic nitrogens is 1. The lowest BCUT2D eigenvalue weighted by Gasteiger charge is -2.07. The highest BCUT2D eigenvalue weighted by Crippen LogP contribution is 2.39. The second-order valence-corrected chi connectivity index (χ2v) is 7.68. The summed E-state index contributed by atoms with van der Waals surface area (Å²) >= 11 is 11.9. The van der Waals surface area contributed by atoms with Crippen LogP contribution in [0.1, 0.15) is 15.9 Å². The van der Waals surface area contributed by atoms with Crippen molar-refractivity contribution in [3.8, 4) is 5.88 Å². The zero-order chi connectivity index (χ0) is 22.8. The first-order chi connectivity index (χ1) is 15.3. The van der Waals surface area contributed by atoms with Crippen molar-refractivity contribution in [1.82, 2.24) is 4.57 Å². The van der Waals surface area contributed by atoms with Gasteiger partial charge in [-0.25, -0.2) is 0 Å². The molecule has 0 fully saturated rings. The van der Waals surface area contributed by atoms with E-state index in [9.17, 15) is 20.0 Å². The van der Waals surface area contributed by atoms with E-state index in [1.165, 1.54) is 30.3 Å². The number of azo groups is 1. The third-order valence-corrected chi connectivity index (χ3v) is 5.33. The monoisotopic (exact) mass is 468 g/mol. The minimum absolute atomic E-state index is 0.0520. The molecule has 32 heavy (non-hydrogen) atoms. The Kier molecular flexibility index (Phi) is 5.89. The van der Waals surface area contributed by atoms with Gasteiger partial charge in [0.2, 0.25) is 5.88 Å². The predicted octanol–water partition coefficient (Wildman–Crippen LogP) is 6.53. The normalized spacial score (nSPS) is 11.3. The van der Waals surface area contributed by atoms with Crippen LogP contribution >= 0.6 is 23.2 Å². The lowest BCUT2D eigenvalue weighted by atomic mass is 10.2. The Morgan fingerprint density at radius 1 is 1.06 bits per heavy atom. The number of rotatable bonds is 5.